The molecule has 0 heterocycles. The fourth-order valence-electron chi connectivity index (χ4n) is 3.32. The minimum absolute atomic E-state index is 0.723. The van der Waals surface area contributed by atoms with E-state index < -0.39 is 0 Å². The fourth-order valence-corrected chi connectivity index (χ4v) is 3.59. The number of benzene rings is 1. The maximum Gasteiger partial charge on any atom is 0.0230 e. The molecule has 1 saturated carbocycles. The van der Waals surface area contributed by atoms with Crippen molar-refractivity contribution in [2.45, 2.75) is 45.2 Å². The van der Waals surface area contributed by atoms with Gasteiger partial charge in [0.25, 0.3) is 0 Å². The first kappa shape index (κ1) is 16.0. The number of rotatable bonds is 6. The van der Waals surface area contributed by atoms with Crippen molar-refractivity contribution < 1.29 is 0 Å². The van der Waals surface area contributed by atoms with Crippen LogP contribution in [0.15, 0.2) is 28.7 Å². The molecule has 1 fully saturated rings. The zero-order valence-electron chi connectivity index (χ0n) is 12.7. The molecule has 0 bridgehead atoms. The van der Waals surface area contributed by atoms with E-state index in [0.29, 0.717) is 0 Å². The van der Waals surface area contributed by atoms with Crippen molar-refractivity contribution in [3.05, 3.63) is 34.3 Å². The van der Waals surface area contributed by atoms with Gasteiger partial charge in [0, 0.05) is 23.6 Å². The van der Waals surface area contributed by atoms with E-state index in [-0.39, 0.29) is 0 Å². The molecule has 0 radical (unpaired) electrons. The standard InChI is InChI=1S/C17H27BrN2/c1-3-19-17-7-5-4-6-15(17)13-20(2)12-14-8-10-16(18)11-9-14/h8-11,15,17,19H,3-7,12-13H2,1-2H3. The summed E-state index contributed by atoms with van der Waals surface area (Å²) < 4.78 is 1.16. The molecule has 1 N–H and O–H groups in total. The Morgan fingerprint density at radius 2 is 1.90 bits per heavy atom. The fraction of sp³-hybridized carbons (Fsp3) is 0.647. The smallest absolute Gasteiger partial charge is 0.0230 e. The van der Waals surface area contributed by atoms with Crippen molar-refractivity contribution in [2.24, 2.45) is 5.92 Å². The van der Waals surface area contributed by atoms with Crippen LogP contribution in [0.1, 0.15) is 38.2 Å². The third-order valence-electron chi connectivity index (χ3n) is 4.29. The van der Waals surface area contributed by atoms with Crippen LogP contribution in [0.5, 0.6) is 0 Å². The van der Waals surface area contributed by atoms with Crippen molar-refractivity contribution in [3.63, 3.8) is 0 Å². The molecular formula is C17H27BrN2. The largest absolute Gasteiger partial charge is 0.314 e. The molecule has 20 heavy (non-hydrogen) atoms. The second kappa shape index (κ2) is 8.16. The van der Waals surface area contributed by atoms with Gasteiger partial charge in [0.15, 0.2) is 0 Å². The van der Waals surface area contributed by atoms with E-state index in [1.807, 2.05) is 0 Å². The van der Waals surface area contributed by atoms with Gasteiger partial charge in [-0.2, -0.15) is 0 Å². The second-order valence-electron chi connectivity index (χ2n) is 6.03. The van der Waals surface area contributed by atoms with E-state index in [0.717, 1.165) is 29.5 Å². The average molecular weight is 339 g/mol. The van der Waals surface area contributed by atoms with Gasteiger partial charge >= 0.3 is 0 Å². The van der Waals surface area contributed by atoms with Crippen LogP contribution in [-0.4, -0.2) is 31.1 Å². The first-order valence-corrected chi connectivity index (χ1v) is 8.64. The highest BCUT2D eigenvalue weighted by Crippen LogP contribution is 2.25. The average Bonchev–Trinajstić information content (AvgIpc) is 2.44. The van der Waals surface area contributed by atoms with Crippen LogP contribution >= 0.6 is 15.9 Å². The number of halogens is 1. The van der Waals surface area contributed by atoms with Crippen LogP contribution in [0.4, 0.5) is 0 Å². The third-order valence-corrected chi connectivity index (χ3v) is 4.82. The van der Waals surface area contributed by atoms with E-state index in [1.165, 1.54) is 37.8 Å². The molecule has 0 aromatic heterocycles. The zero-order valence-corrected chi connectivity index (χ0v) is 14.3. The lowest BCUT2D eigenvalue weighted by atomic mass is 9.84. The number of nitrogens with one attached hydrogen (secondary N) is 1. The highest BCUT2D eigenvalue weighted by atomic mass is 79.9. The minimum Gasteiger partial charge on any atom is -0.314 e. The molecule has 0 amide bonds. The van der Waals surface area contributed by atoms with E-state index in [2.05, 4.69) is 64.4 Å². The minimum atomic E-state index is 0.723. The Kier molecular flexibility index (Phi) is 6.53. The maximum atomic E-state index is 3.68. The van der Waals surface area contributed by atoms with Crippen LogP contribution in [-0.2, 0) is 6.54 Å². The predicted octanol–water partition coefficient (Wildman–Crippen LogP) is 4.05. The molecule has 1 aliphatic carbocycles. The summed E-state index contributed by atoms with van der Waals surface area (Å²) in [6.45, 7) is 5.56. The van der Waals surface area contributed by atoms with Crippen LogP contribution in [0, 0.1) is 5.92 Å². The number of nitrogens with zero attached hydrogens (tertiary/aromatic N) is 1. The molecule has 112 valence electrons. The molecule has 3 heteroatoms. The lowest BCUT2D eigenvalue weighted by molar-refractivity contribution is 0.186. The Morgan fingerprint density at radius 1 is 1.20 bits per heavy atom. The summed E-state index contributed by atoms with van der Waals surface area (Å²) in [5, 5.41) is 3.68. The molecular weight excluding hydrogens is 312 g/mol. The molecule has 2 unspecified atom stereocenters. The summed E-state index contributed by atoms with van der Waals surface area (Å²) >= 11 is 3.49. The van der Waals surface area contributed by atoms with Crippen LogP contribution in [0.2, 0.25) is 0 Å². The van der Waals surface area contributed by atoms with E-state index >= 15 is 0 Å². The molecule has 1 aromatic rings. The van der Waals surface area contributed by atoms with Crippen molar-refractivity contribution in [1.29, 1.82) is 0 Å². The Morgan fingerprint density at radius 3 is 2.60 bits per heavy atom. The number of hydrogen-bond donors (Lipinski definition) is 1. The molecule has 0 spiro atoms. The highest BCUT2D eigenvalue weighted by Gasteiger charge is 2.25. The normalized spacial score (nSPS) is 23.2. The quantitative estimate of drug-likeness (QED) is 0.841. The Hall–Kier alpha value is -0.380. The van der Waals surface area contributed by atoms with Crippen molar-refractivity contribution in [2.75, 3.05) is 20.1 Å². The van der Waals surface area contributed by atoms with E-state index in [9.17, 15) is 0 Å². The van der Waals surface area contributed by atoms with Crippen molar-refractivity contribution >= 4 is 15.9 Å². The van der Waals surface area contributed by atoms with Crippen LogP contribution < -0.4 is 5.32 Å². The van der Waals surface area contributed by atoms with Crippen LogP contribution in [0.25, 0.3) is 0 Å². The van der Waals surface area contributed by atoms with E-state index in [1.54, 1.807) is 0 Å². The summed E-state index contributed by atoms with van der Waals surface area (Å²) in [6, 6.07) is 9.41. The predicted molar refractivity (Wildman–Crippen MR) is 89.9 cm³/mol. The van der Waals surface area contributed by atoms with Gasteiger partial charge in [-0.25, -0.2) is 0 Å². The zero-order chi connectivity index (χ0) is 14.4. The van der Waals surface area contributed by atoms with E-state index in [4.69, 9.17) is 0 Å². The van der Waals surface area contributed by atoms with Gasteiger partial charge in [0.05, 0.1) is 0 Å². The molecule has 2 atom stereocenters. The Bertz CT molecular complexity index is 388. The van der Waals surface area contributed by atoms with Gasteiger partial charge in [-0.05, 0) is 50.0 Å². The lowest BCUT2D eigenvalue weighted by Gasteiger charge is -2.35. The van der Waals surface area contributed by atoms with Gasteiger partial charge in [-0.3, -0.25) is 0 Å². The molecule has 0 aliphatic heterocycles. The lowest BCUT2D eigenvalue weighted by Crippen LogP contribution is -2.43. The summed E-state index contributed by atoms with van der Waals surface area (Å²) in [4.78, 5) is 2.48. The third kappa shape index (κ3) is 4.87. The second-order valence-corrected chi connectivity index (χ2v) is 6.95. The van der Waals surface area contributed by atoms with Crippen LogP contribution in [0.3, 0.4) is 0 Å². The first-order chi connectivity index (χ1) is 9.69. The monoisotopic (exact) mass is 338 g/mol. The molecule has 2 rings (SSSR count). The number of hydrogen-bond acceptors (Lipinski definition) is 2. The van der Waals surface area contributed by atoms with Gasteiger partial charge in [-0.1, -0.05) is 47.8 Å². The summed E-state index contributed by atoms with van der Waals surface area (Å²) in [6.07, 6.45) is 5.52. The summed E-state index contributed by atoms with van der Waals surface area (Å²) in [7, 11) is 2.25. The van der Waals surface area contributed by atoms with Crippen molar-refractivity contribution in [3.8, 4) is 0 Å². The van der Waals surface area contributed by atoms with Gasteiger partial charge in [0.2, 0.25) is 0 Å². The molecule has 1 aliphatic rings. The molecule has 0 saturated heterocycles. The first-order valence-electron chi connectivity index (χ1n) is 7.85. The van der Waals surface area contributed by atoms with Gasteiger partial charge < -0.3 is 10.2 Å². The van der Waals surface area contributed by atoms with Crippen molar-refractivity contribution in [1.82, 2.24) is 10.2 Å². The Balaban J connectivity index is 1.85. The summed E-state index contributed by atoms with van der Waals surface area (Å²) in [5.41, 5.74) is 1.39. The molecule has 1 aromatic carbocycles. The van der Waals surface area contributed by atoms with Gasteiger partial charge in [-0.15, -0.1) is 0 Å². The van der Waals surface area contributed by atoms with Gasteiger partial charge in [0.1, 0.15) is 0 Å². The molecule has 2 nitrogen and oxygen atoms in total. The SMILES string of the molecule is CCNC1CCCCC1CN(C)Cc1ccc(Br)cc1. The maximum absolute atomic E-state index is 3.68. The summed E-state index contributed by atoms with van der Waals surface area (Å²) in [5.74, 6) is 0.809. The highest BCUT2D eigenvalue weighted by molar-refractivity contribution is 9.10. The Labute approximate surface area is 132 Å². The topological polar surface area (TPSA) is 15.3 Å².